The molecule has 0 spiro atoms. The number of Topliss-reactive ketones (excluding diaryl/α,β-unsaturated/α-hetero) is 1. The third-order valence-corrected chi connectivity index (χ3v) is 3.26. The molecule has 0 saturated heterocycles. The minimum Gasteiger partial charge on any atom is -0.345 e. The summed E-state index contributed by atoms with van der Waals surface area (Å²) in [6.45, 7) is 3.59. The van der Waals surface area contributed by atoms with Crippen LogP contribution in [0.3, 0.4) is 0 Å². The first kappa shape index (κ1) is 16.4. The summed E-state index contributed by atoms with van der Waals surface area (Å²) in [5.74, 6) is -1.69. The molecule has 5 heteroatoms. The Balaban J connectivity index is 2.06. The quantitative estimate of drug-likeness (QED) is 0.658. The topological polar surface area (TPSA) is 75.3 Å². The molecule has 0 aliphatic rings. The normalized spacial score (nSPS) is 10.0. The molecule has 0 fully saturated rings. The van der Waals surface area contributed by atoms with E-state index >= 15 is 0 Å². The maximum absolute atomic E-state index is 12.3. The zero-order valence-corrected chi connectivity index (χ0v) is 13.1. The Hall–Kier alpha value is -2.95. The molecule has 23 heavy (non-hydrogen) atoms. The molecular formula is C18H18N2O3. The van der Waals surface area contributed by atoms with Crippen molar-refractivity contribution >= 4 is 23.3 Å². The van der Waals surface area contributed by atoms with E-state index in [0.29, 0.717) is 5.69 Å². The minimum atomic E-state index is -0.705. The van der Waals surface area contributed by atoms with Gasteiger partial charge < -0.3 is 10.6 Å². The largest absolute Gasteiger partial charge is 0.345 e. The first-order chi connectivity index (χ1) is 11.0. The van der Waals surface area contributed by atoms with Gasteiger partial charge in [-0.05, 0) is 24.6 Å². The van der Waals surface area contributed by atoms with Crippen LogP contribution in [0.5, 0.6) is 0 Å². The number of benzene rings is 2. The van der Waals surface area contributed by atoms with Gasteiger partial charge in [0.2, 0.25) is 5.91 Å². The number of amides is 2. The van der Waals surface area contributed by atoms with Crippen LogP contribution in [-0.4, -0.2) is 17.6 Å². The first-order valence-corrected chi connectivity index (χ1v) is 7.22. The Morgan fingerprint density at radius 3 is 2.26 bits per heavy atom. The van der Waals surface area contributed by atoms with Gasteiger partial charge in [0, 0.05) is 13.5 Å². The van der Waals surface area contributed by atoms with Crippen molar-refractivity contribution in [3.05, 3.63) is 65.2 Å². The number of carbonyl (C=O) groups is 3. The van der Waals surface area contributed by atoms with E-state index in [-0.39, 0.29) is 18.0 Å². The monoisotopic (exact) mass is 310 g/mol. The number of nitrogens with one attached hydrogen (secondary N) is 2. The van der Waals surface area contributed by atoms with E-state index in [2.05, 4.69) is 10.6 Å². The summed E-state index contributed by atoms with van der Waals surface area (Å²) in [6, 6.07) is 14.1. The molecule has 5 nitrogen and oxygen atoms in total. The van der Waals surface area contributed by atoms with Crippen LogP contribution in [0.1, 0.15) is 28.4 Å². The number of rotatable bonds is 5. The summed E-state index contributed by atoms with van der Waals surface area (Å²) >= 11 is 0. The van der Waals surface area contributed by atoms with Gasteiger partial charge >= 0.3 is 0 Å². The third-order valence-electron chi connectivity index (χ3n) is 3.26. The lowest BCUT2D eigenvalue weighted by molar-refractivity contribution is -0.117. The van der Waals surface area contributed by atoms with Crippen molar-refractivity contribution in [2.75, 3.05) is 5.32 Å². The van der Waals surface area contributed by atoms with Gasteiger partial charge in [-0.2, -0.15) is 0 Å². The lowest BCUT2D eigenvalue weighted by atomic mass is 10.1. The van der Waals surface area contributed by atoms with Crippen molar-refractivity contribution in [2.45, 2.75) is 20.4 Å². The fourth-order valence-electron chi connectivity index (χ4n) is 2.07. The average molecular weight is 310 g/mol. The van der Waals surface area contributed by atoms with Gasteiger partial charge in [0.1, 0.15) is 0 Å². The van der Waals surface area contributed by atoms with Crippen molar-refractivity contribution in [3.8, 4) is 0 Å². The Morgan fingerprint density at radius 1 is 0.957 bits per heavy atom. The molecule has 0 aliphatic carbocycles. The van der Waals surface area contributed by atoms with E-state index in [1.807, 2.05) is 31.2 Å². The predicted molar refractivity (Wildman–Crippen MR) is 88.1 cm³/mol. The highest BCUT2D eigenvalue weighted by Crippen LogP contribution is 2.15. The maximum atomic E-state index is 12.3. The van der Waals surface area contributed by atoms with Gasteiger partial charge in [0.05, 0.1) is 11.3 Å². The number of hydrogen-bond donors (Lipinski definition) is 2. The van der Waals surface area contributed by atoms with E-state index in [1.165, 1.54) is 13.0 Å². The summed E-state index contributed by atoms with van der Waals surface area (Å²) in [5.41, 5.74) is 2.53. The second-order valence-electron chi connectivity index (χ2n) is 5.22. The van der Waals surface area contributed by atoms with Crippen LogP contribution in [0.15, 0.2) is 48.5 Å². The highest BCUT2D eigenvalue weighted by molar-refractivity contribution is 6.44. The van der Waals surface area contributed by atoms with E-state index in [1.54, 1.807) is 18.2 Å². The van der Waals surface area contributed by atoms with Crippen LogP contribution in [0, 0.1) is 6.92 Å². The Kier molecular flexibility index (Phi) is 5.25. The van der Waals surface area contributed by atoms with Crippen LogP contribution in [0.2, 0.25) is 0 Å². The summed E-state index contributed by atoms with van der Waals surface area (Å²) in [5, 5.41) is 5.15. The van der Waals surface area contributed by atoms with Gasteiger partial charge in [-0.25, -0.2) is 0 Å². The molecule has 2 amide bonds. The van der Waals surface area contributed by atoms with Crippen LogP contribution in [0.25, 0.3) is 0 Å². The summed E-state index contributed by atoms with van der Waals surface area (Å²) in [7, 11) is 0. The number of hydrogen-bond acceptors (Lipinski definition) is 3. The highest BCUT2D eigenvalue weighted by atomic mass is 16.2. The lowest BCUT2D eigenvalue weighted by Crippen LogP contribution is -2.31. The average Bonchev–Trinajstić information content (AvgIpc) is 2.53. The molecule has 0 saturated carbocycles. The SMILES string of the molecule is CC(=O)Nc1ccccc1C(=O)C(=O)NCc1ccc(C)cc1. The lowest BCUT2D eigenvalue weighted by Gasteiger charge is -2.09. The van der Waals surface area contributed by atoms with Gasteiger partial charge in [-0.1, -0.05) is 42.0 Å². The Bertz CT molecular complexity index is 736. The van der Waals surface area contributed by atoms with E-state index in [0.717, 1.165) is 11.1 Å². The Morgan fingerprint density at radius 2 is 1.61 bits per heavy atom. The fourth-order valence-corrected chi connectivity index (χ4v) is 2.07. The molecule has 118 valence electrons. The molecule has 0 bridgehead atoms. The molecule has 0 aromatic heterocycles. The number of anilines is 1. The first-order valence-electron chi connectivity index (χ1n) is 7.22. The zero-order chi connectivity index (χ0) is 16.8. The van der Waals surface area contributed by atoms with Gasteiger partial charge in [-0.3, -0.25) is 14.4 Å². The number of aryl methyl sites for hydroxylation is 1. The van der Waals surface area contributed by atoms with Crippen LogP contribution >= 0.6 is 0 Å². The maximum Gasteiger partial charge on any atom is 0.292 e. The van der Waals surface area contributed by atoms with Crippen molar-refractivity contribution in [1.82, 2.24) is 5.32 Å². The van der Waals surface area contributed by atoms with Crippen molar-refractivity contribution in [3.63, 3.8) is 0 Å². The molecule has 2 rings (SSSR count). The fraction of sp³-hybridized carbons (Fsp3) is 0.167. The molecule has 0 atom stereocenters. The van der Waals surface area contributed by atoms with Crippen molar-refractivity contribution in [2.24, 2.45) is 0 Å². The summed E-state index contributed by atoms with van der Waals surface area (Å²) < 4.78 is 0. The second-order valence-corrected chi connectivity index (χ2v) is 5.22. The molecule has 0 heterocycles. The van der Waals surface area contributed by atoms with E-state index in [9.17, 15) is 14.4 Å². The highest BCUT2D eigenvalue weighted by Gasteiger charge is 2.19. The summed E-state index contributed by atoms with van der Waals surface area (Å²) in [6.07, 6.45) is 0. The molecule has 2 aromatic carbocycles. The molecule has 2 N–H and O–H groups in total. The van der Waals surface area contributed by atoms with Crippen LogP contribution in [0.4, 0.5) is 5.69 Å². The smallest absolute Gasteiger partial charge is 0.292 e. The molecule has 2 aromatic rings. The predicted octanol–water partition coefficient (Wildman–Crippen LogP) is 2.45. The number of ketones is 1. The van der Waals surface area contributed by atoms with Gasteiger partial charge in [0.15, 0.2) is 0 Å². The molecular weight excluding hydrogens is 292 g/mol. The molecule has 0 unspecified atom stereocenters. The molecule has 0 radical (unpaired) electrons. The van der Waals surface area contributed by atoms with Crippen LogP contribution < -0.4 is 10.6 Å². The van der Waals surface area contributed by atoms with E-state index < -0.39 is 11.7 Å². The van der Waals surface area contributed by atoms with Crippen LogP contribution in [-0.2, 0) is 16.1 Å². The van der Waals surface area contributed by atoms with Crippen molar-refractivity contribution < 1.29 is 14.4 Å². The van der Waals surface area contributed by atoms with Gasteiger partial charge in [0.25, 0.3) is 11.7 Å². The third kappa shape index (κ3) is 4.51. The Labute approximate surface area is 134 Å². The standard InChI is InChI=1S/C18H18N2O3/c1-12-7-9-14(10-8-12)11-19-18(23)17(22)15-5-3-4-6-16(15)20-13(2)21/h3-10H,11H2,1-2H3,(H,19,23)(H,20,21). The number of carbonyl (C=O) groups excluding carboxylic acids is 3. The summed E-state index contributed by atoms with van der Waals surface area (Å²) in [4.78, 5) is 35.5. The zero-order valence-electron chi connectivity index (χ0n) is 13.1. The van der Waals surface area contributed by atoms with E-state index in [4.69, 9.17) is 0 Å². The molecule has 0 aliphatic heterocycles. The second kappa shape index (κ2) is 7.35. The van der Waals surface area contributed by atoms with Gasteiger partial charge in [-0.15, -0.1) is 0 Å². The van der Waals surface area contributed by atoms with Crippen molar-refractivity contribution in [1.29, 1.82) is 0 Å². The minimum absolute atomic E-state index is 0.170. The number of para-hydroxylation sites is 1.